The molecule has 58 heavy (non-hydrogen) atoms. The van der Waals surface area contributed by atoms with Crippen molar-refractivity contribution < 1.29 is 9.59 Å². The van der Waals surface area contributed by atoms with Crippen LogP contribution in [-0.4, -0.2) is 53.1 Å². The first-order chi connectivity index (χ1) is 28.5. The summed E-state index contributed by atoms with van der Waals surface area (Å²) in [6.07, 6.45) is 8.15. The second-order valence-corrected chi connectivity index (χ2v) is 14.5. The van der Waals surface area contributed by atoms with E-state index < -0.39 is 5.54 Å². The van der Waals surface area contributed by atoms with E-state index in [9.17, 15) is 9.59 Å². The Bertz CT molecular complexity index is 2430. The molecule has 1 fully saturated rings. The SMILES string of the molecule is CCCCc1ncc(C=C2C(=O)NC(=O)N2CCCC)n1Cc1ccc(-c2ccccc2-c2nnnn2C(c2ccccc2)(c2ccccc2)c2ccccc2)cc1. The molecule has 0 saturated carbocycles. The maximum Gasteiger partial charge on any atom is 0.329 e. The maximum absolute atomic E-state index is 12.9. The fourth-order valence-electron chi connectivity index (χ4n) is 7.93. The Balaban J connectivity index is 1.18. The normalized spacial score (nSPS) is 13.7. The summed E-state index contributed by atoms with van der Waals surface area (Å²) >= 11 is 0. The maximum atomic E-state index is 12.9. The Kier molecular flexibility index (Phi) is 11.2. The molecule has 290 valence electrons. The van der Waals surface area contributed by atoms with Crippen molar-refractivity contribution in [2.75, 3.05) is 6.54 Å². The molecule has 3 heterocycles. The van der Waals surface area contributed by atoms with Gasteiger partial charge in [-0.1, -0.05) is 166 Å². The first kappa shape index (κ1) is 38.0. The van der Waals surface area contributed by atoms with Crippen LogP contribution in [0.15, 0.2) is 151 Å². The Labute approximate surface area is 338 Å². The highest BCUT2D eigenvalue weighted by atomic mass is 16.2. The molecule has 0 atom stereocenters. The lowest BCUT2D eigenvalue weighted by Gasteiger charge is -2.36. The van der Waals surface area contributed by atoms with E-state index in [0.717, 1.165) is 82.6 Å². The van der Waals surface area contributed by atoms with Gasteiger partial charge in [0.25, 0.3) is 5.91 Å². The summed E-state index contributed by atoms with van der Waals surface area (Å²) in [7, 11) is 0. The van der Waals surface area contributed by atoms with Gasteiger partial charge in [0.05, 0.1) is 11.9 Å². The van der Waals surface area contributed by atoms with Gasteiger partial charge in [-0.15, -0.1) is 5.10 Å². The summed E-state index contributed by atoms with van der Waals surface area (Å²) < 4.78 is 4.12. The molecule has 1 N–H and O–H groups in total. The van der Waals surface area contributed by atoms with Gasteiger partial charge in [0.1, 0.15) is 17.1 Å². The Morgan fingerprint density at radius 1 is 0.690 bits per heavy atom. The van der Waals surface area contributed by atoms with E-state index in [4.69, 9.17) is 15.3 Å². The van der Waals surface area contributed by atoms with Gasteiger partial charge in [-0.25, -0.2) is 14.5 Å². The number of benzene rings is 5. The summed E-state index contributed by atoms with van der Waals surface area (Å²) in [6, 6.07) is 47.7. The molecule has 2 aromatic heterocycles. The smallest absolute Gasteiger partial charge is 0.324 e. The number of hydrogen-bond donors (Lipinski definition) is 1. The third-order valence-electron chi connectivity index (χ3n) is 10.9. The average Bonchev–Trinajstić information content (AvgIpc) is 3.98. The summed E-state index contributed by atoms with van der Waals surface area (Å²) in [5.74, 6) is 1.19. The Morgan fingerprint density at radius 3 is 1.88 bits per heavy atom. The Hall–Kier alpha value is -6.94. The van der Waals surface area contributed by atoms with Crippen molar-refractivity contribution in [2.45, 2.75) is 58.0 Å². The molecule has 0 unspecified atom stereocenters. The molecule has 1 saturated heterocycles. The van der Waals surface area contributed by atoms with Crippen molar-refractivity contribution >= 4 is 18.0 Å². The molecule has 3 amide bonds. The molecule has 8 rings (SSSR count). The number of aryl methyl sites for hydroxylation is 1. The molecule has 0 bridgehead atoms. The number of nitrogens with zero attached hydrogens (tertiary/aromatic N) is 7. The molecule has 0 radical (unpaired) electrons. The summed E-state index contributed by atoms with van der Waals surface area (Å²) in [4.78, 5) is 31.9. The predicted octanol–water partition coefficient (Wildman–Crippen LogP) is 9.13. The van der Waals surface area contributed by atoms with Crippen LogP contribution < -0.4 is 5.32 Å². The average molecular weight is 767 g/mol. The van der Waals surface area contributed by atoms with Crippen molar-refractivity contribution in [3.63, 3.8) is 0 Å². The van der Waals surface area contributed by atoms with E-state index in [2.05, 4.69) is 138 Å². The molecule has 7 aromatic rings. The van der Waals surface area contributed by atoms with Crippen molar-refractivity contribution in [2.24, 2.45) is 0 Å². The van der Waals surface area contributed by atoms with Gasteiger partial charge in [0.2, 0.25) is 0 Å². The van der Waals surface area contributed by atoms with E-state index in [1.165, 1.54) is 0 Å². The lowest BCUT2D eigenvalue weighted by atomic mass is 9.77. The standard InChI is InChI=1S/C48H46N8O2/c1-3-5-26-44-49-33-40(32-43-46(57)50-47(58)54(43)31-6-4-2)55(44)34-35-27-29-36(30-28-35)41-24-16-17-25-42(41)45-51-52-53-56(45)48(37-18-10-7-11-19-37,38-20-12-8-13-21-38)39-22-14-9-15-23-39/h7-25,27-30,32-33H,3-6,26,31,34H2,1-2H3,(H,50,57,58). The molecule has 0 spiro atoms. The molecule has 5 aromatic carbocycles. The fourth-order valence-corrected chi connectivity index (χ4v) is 7.93. The van der Waals surface area contributed by atoms with Gasteiger partial charge >= 0.3 is 6.03 Å². The second kappa shape index (κ2) is 17.1. The number of imide groups is 1. The number of imidazole rings is 1. The minimum Gasteiger partial charge on any atom is -0.324 e. The molecule has 1 aliphatic rings. The van der Waals surface area contributed by atoms with E-state index in [0.29, 0.717) is 24.6 Å². The number of tetrazole rings is 1. The van der Waals surface area contributed by atoms with Crippen LogP contribution in [0.1, 0.15) is 73.3 Å². The van der Waals surface area contributed by atoms with E-state index in [1.807, 2.05) is 35.0 Å². The number of aromatic nitrogens is 6. The van der Waals surface area contributed by atoms with E-state index in [-0.39, 0.29) is 11.9 Å². The summed E-state index contributed by atoms with van der Waals surface area (Å²) in [6.45, 7) is 5.26. The number of carbonyl (C=O) groups excluding carboxylic acids is 2. The van der Waals surface area contributed by atoms with Gasteiger partial charge < -0.3 is 4.57 Å². The van der Waals surface area contributed by atoms with Gasteiger partial charge in [0.15, 0.2) is 5.82 Å². The first-order valence-corrected chi connectivity index (χ1v) is 20.1. The van der Waals surface area contributed by atoms with Gasteiger partial charge in [-0.3, -0.25) is 15.0 Å². The molecular formula is C48H46N8O2. The van der Waals surface area contributed by atoms with E-state index in [1.54, 1.807) is 17.2 Å². The largest absolute Gasteiger partial charge is 0.329 e. The topological polar surface area (TPSA) is 111 Å². The number of rotatable bonds is 15. The van der Waals surface area contributed by atoms with Crippen LogP contribution in [0.25, 0.3) is 28.6 Å². The minimum atomic E-state index is -0.883. The zero-order chi connectivity index (χ0) is 39.9. The number of hydrogen-bond acceptors (Lipinski definition) is 6. The predicted molar refractivity (Wildman–Crippen MR) is 226 cm³/mol. The first-order valence-electron chi connectivity index (χ1n) is 20.1. The highest BCUT2D eigenvalue weighted by Gasteiger charge is 2.42. The van der Waals surface area contributed by atoms with Crippen molar-refractivity contribution in [3.05, 3.63) is 185 Å². The third kappa shape index (κ3) is 7.25. The van der Waals surface area contributed by atoms with Crippen LogP contribution in [0.2, 0.25) is 0 Å². The monoisotopic (exact) mass is 766 g/mol. The molecule has 10 heteroatoms. The highest BCUT2D eigenvalue weighted by Crippen LogP contribution is 2.43. The number of amides is 3. The highest BCUT2D eigenvalue weighted by molar-refractivity contribution is 6.13. The van der Waals surface area contributed by atoms with E-state index >= 15 is 0 Å². The Morgan fingerprint density at radius 2 is 1.28 bits per heavy atom. The molecule has 0 aliphatic carbocycles. The number of urea groups is 1. The summed E-state index contributed by atoms with van der Waals surface area (Å²) in [5, 5.41) is 16.3. The number of carbonyl (C=O) groups is 2. The molecule has 1 aliphatic heterocycles. The van der Waals surface area contributed by atoms with Crippen LogP contribution in [0, 0.1) is 0 Å². The van der Waals surface area contributed by atoms with Crippen molar-refractivity contribution in [3.8, 4) is 22.5 Å². The number of unbranched alkanes of at least 4 members (excludes halogenated alkanes) is 2. The lowest BCUT2D eigenvalue weighted by molar-refractivity contribution is -0.116. The minimum absolute atomic E-state index is 0.353. The van der Waals surface area contributed by atoms with Crippen molar-refractivity contribution in [1.29, 1.82) is 0 Å². The quantitative estimate of drug-likeness (QED) is 0.0634. The lowest BCUT2D eigenvalue weighted by Crippen LogP contribution is -2.39. The van der Waals surface area contributed by atoms with Crippen LogP contribution >= 0.6 is 0 Å². The third-order valence-corrected chi connectivity index (χ3v) is 10.9. The molecular weight excluding hydrogens is 721 g/mol. The van der Waals surface area contributed by atoms with Crippen LogP contribution in [-0.2, 0) is 23.3 Å². The molecule has 10 nitrogen and oxygen atoms in total. The van der Waals surface area contributed by atoms with Crippen molar-refractivity contribution in [1.82, 2.24) is 40.0 Å². The van der Waals surface area contributed by atoms with Crippen LogP contribution in [0.4, 0.5) is 4.79 Å². The van der Waals surface area contributed by atoms with Gasteiger partial charge in [-0.2, -0.15) is 0 Å². The van der Waals surface area contributed by atoms with Gasteiger partial charge in [0, 0.05) is 25.1 Å². The number of nitrogens with one attached hydrogen (secondary N) is 1. The zero-order valence-corrected chi connectivity index (χ0v) is 32.8. The zero-order valence-electron chi connectivity index (χ0n) is 32.8. The second-order valence-electron chi connectivity index (χ2n) is 14.5. The summed E-state index contributed by atoms with van der Waals surface area (Å²) in [5.41, 5.74) is 7.34. The van der Waals surface area contributed by atoms with Gasteiger partial charge in [-0.05, 0) is 62.7 Å². The fraction of sp³-hybridized carbons (Fsp3) is 0.208. The van der Waals surface area contributed by atoms with Crippen LogP contribution in [0.3, 0.4) is 0 Å². The van der Waals surface area contributed by atoms with Crippen LogP contribution in [0.5, 0.6) is 0 Å².